The Labute approximate surface area is 161 Å². The zero-order valence-electron chi connectivity index (χ0n) is 16.8. The molecular formula is C23H28O4. The summed E-state index contributed by atoms with van der Waals surface area (Å²) in [6.45, 7) is 7.66. The summed E-state index contributed by atoms with van der Waals surface area (Å²) < 4.78 is 5.54. The Bertz CT molecular complexity index is 836. The molecule has 1 aromatic rings. The van der Waals surface area contributed by atoms with Crippen LogP contribution in [-0.2, 0) is 14.3 Å². The van der Waals surface area contributed by atoms with Gasteiger partial charge in [-0.05, 0) is 37.8 Å². The molecule has 1 N–H and O–H groups in total. The van der Waals surface area contributed by atoms with Gasteiger partial charge in [0.15, 0.2) is 11.6 Å². The molecule has 4 nitrogen and oxygen atoms in total. The van der Waals surface area contributed by atoms with Crippen LogP contribution in [-0.4, -0.2) is 23.8 Å². The Balaban J connectivity index is 2.54. The minimum absolute atomic E-state index is 0.139. The molecule has 4 heteroatoms. The van der Waals surface area contributed by atoms with Crippen molar-refractivity contribution in [2.24, 2.45) is 5.41 Å². The number of hydrogen-bond donors (Lipinski definition) is 1. The van der Waals surface area contributed by atoms with Crippen molar-refractivity contribution in [3.05, 3.63) is 64.1 Å². The smallest absolute Gasteiger partial charge is 0.193 e. The molecule has 1 aliphatic carbocycles. The van der Waals surface area contributed by atoms with Gasteiger partial charge in [-0.3, -0.25) is 9.59 Å². The third-order valence-electron chi connectivity index (χ3n) is 5.37. The summed E-state index contributed by atoms with van der Waals surface area (Å²) in [4.78, 5) is 26.1. The molecule has 0 aromatic heterocycles. The second-order valence-electron chi connectivity index (χ2n) is 6.82. The Kier molecular flexibility index (Phi) is 6.42. The molecule has 1 aromatic carbocycles. The van der Waals surface area contributed by atoms with Crippen LogP contribution in [0.15, 0.2) is 53.0 Å². The monoisotopic (exact) mass is 368 g/mol. The van der Waals surface area contributed by atoms with E-state index in [1.54, 1.807) is 6.08 Å². The average molecular weight is 368 g/mol. The Morgan fingerprint density at radius 1 is 1.22 bits per heavy atom. The van der Waals surface area contributed by atoms with Crippen molar-refractivity contribution >= 4 is 17.6 Å². The number of aliphatic hydroxyl groups is 1. The van der Waals surface area contributed by atoms with Gasteiger partial charge in [0, 0.05) is 5.57 Å². The van der Waals surface area contributed by atoms with Crippen molar-refractivity contribution in [1.29, 1.82) is 0 Å². The Morgan fingerprint density at radius 2 is 1.89 bits per heavy atom. The van der Waals surface area contributed by atoms with Crippen LogP contribution < -0.4 is 0 Å². The van der Waals surface area contributed by atoms with E-state index >= 15 is 0 Å². The highest BCUT2D eigenvalue weighted by Gasteiger charge is 2.49. The van der Waals surface area contributed by atoms with Crippen LogP contribution >= 0.6 is 0 Å². The number of aryl methyl sites for hydroxylation is 1. The van der Waals surface area contributed by atoms with Crippen LogP contribution in [0.4, 0.5) is 0 Å². The summed E-state index contributed by atoms with van der Waals surface area (Å²) >= 11 is 0. The predicted molar refractivity (Wildman–Crippen MR) is 107 cm³/mol. The van der Waals surface area contributed by atoms with Gasteiger partial charge < -0.3 is 9.84 Å². The fraction of sp³-hybridized carbons (Fsp3) is 0.391. The molecular weight excluding hydrogens is 340 g/mol. The normalized spacial score (nSPS) is 17.0. The van der Waals surface area contributed by atoms with Crippen LogP contribution in [0.3, 0.4) is 0 Å². The van der Waals surface area contributed by atoms with E-state index in [9.17, 15) is 14.7 Å². The van der Waals surface area contributed by atoms with Crippen molar-refractivity contribution in [2.75, 3.05) is 7.11 Å². The highest BCUT2D eigenvalue weighted by molar-refractivity contribution is 6.28. The first-order valence-corrected chi connectivity index (χ1v) is 9.41. The van der Waals surface area contributed by atoms with Crippen molar-refractivity contribution < 1.29 is 19.4 Å². The van der Waals surface area contributed by atoms with Gasteiger partial charge in [-0.2, -0.15) is 0 Å². The van der Waals surface area contributed by atoms with E-state index in [1.165, 1.54) is 13.2 Å². The molecule has 0 amide bonds. The lowest BCUT2D eigenvalue weighted by Crippen LogP contribution is -2.40. The van der Waals surface area contributed by atoms with Gasteiger partial charge in [0.1, 0.15) is 17.1 Å². The second-order valence-corrected chi connectivity index (χ2v) is 6.82. The van der Waals surface area contributed by atoms with Crippen LogP contribution in [0.25, 0.3) is 6.08 Å². The van der Waals surface area contributed by atoms with Gasteiger partial charge in [0.25, 0.3) is 0 Å². The number of hydrogen-bond acceptors (Lipinski definition) is 4. The SMILES string of the molecule is CCC1=C(OC)C(CC)(CC)C(=O)C(C(=O)/C=C/c2cccc(C)c2)=C1O. The highest BCUT2D eigenvalue weighted by atomic mass is 16.5. The summed E-state index contributed by atoms with van der Waals surface area (Å²) in [6, 6.07) is 7.71. The molecule has 0 radical (unpaired) electrons. The van der Waals surface area contributed by atoms with Crippen molar-refractivity contribution in [2.45, 2.75) is 47.0 Å². The maximum atomic E-state index is 13.3. The van der Waals surface area contributed by atoms with E-state index in [2.05, 4.69) is 0 Å². The van der Waals surface area contributed by atoms with Gasteiger partial charge in [-0.15, -0.1) is 0 Å². The van der Waals surface area contributed by atoms with Crippen molar-refractivity contribution in [3.63, 3.8) is 0 Å². The number of allylic oxidation sites excluding steroid dienone is 4. The van der Waals surface area contributed by atoms with E-state index in [0.29, 0.717) is 30.6 Å². The Hall–Kier alpha value is -2.62. The number of carbonyl (C=O) groups excluding carboxylic acids is 2. The molecule has 1 aliphatic rings. The van der Waals surface area contributed by atoms with Crippen LogP contribution in [0.5, 0.6) is 0 Å². The van der Waals surface area contributed by atoms with Gasteiger partial charge in [0.2, 0.25) is 0 Å². The maximum absolute atomic E-state index is 13.3. The molecule has 0 saturated heterocycles. The third-order valence-corrected chi connectivity index (χ3v) is 5.37. The lowest BCUT2D eigenvalue weighted by Gasteiger charge is -2.37. The predicted octanol–water partition coefficient (Wildman–Crippen LogP) is 5.09. The summed E-state index contributed by atoms with van der Waals surface area (Å²) in [7, 11) is 1.51. The van der Waals surface area contributed by atoms with Gasteiger partial charge in [0.05, 0.1) is 12.5 Å². The van der Waals surface area contributed by atoms with E-state index in [4.69, 9.17) is 4.74 Å². The lowest BCUT2D eigenvalue weighted by molar-refractivity contribution is -0.128. The quantitative estimate of drug-likeness (QED) is 0.538. The standard InChI is InChI=1S/C23H28O4/c1-6-17-20(25)19(21(26)23(7-2,8-3)22(17)27-5)18(24)13-12-16-11-9-10-15(4)14-16/h9-14,25H,6-8H2,1-5H3/b13-12+. The number of aliphatic hydroxyl groups excluding tert-OH is 1. The first kappa shape index (κ1) is 20.7. The molecule has 144 valence electrons. The summed E-state index contributed by atoms with van der Waals surface area (Å²) in [5.41, 5.74) is 1.44. The van der Waals surface area contributed by atoms with Crippen LogP contribution in [0.1, 0.15) is 51.2 Å². The van der Waals surface area contributed by atoms with Crippen LogP contribution in [0.2, 0.25) is 0 Å². The molecule has 0 fully saturated rings. The summed E-state index contributed by atoms with van der Waals surface area (Å²) in [5, 5.41) is 10.7. The molecule has 0 unspecified atom stereocenters. The average Bonchev–Trinajstić information content (AvgIpc) is 2.66. The third kappa shape index (κ3) is 3.61. The van der Waals surface area contributed by atoms with E-state index < -0.39 is 11.2 Å². The second kappa shape index (κ2) is 8.38. The van der Waals surface area contributed by atoms with E-state index in [1.807, 2.05) is 52.0 Å². The first-order chi connectivity index (χ1) is 12.9. The minimum atomic E-state index is -0.908. The topological polar surface area (TPSA) is 63.6 Å². The van der Waals surface area contributed by atoms with Gasteiger partial charge in [-0.25, -0.2) is 0 Å². The lowest BCUT2D eigenvalue weighted by atomic mass is 9.68. The van der Waals surface area contributed by atoms with E-state index in [0.717, 1.165) is 11.1 Å². The fourth-order valence-electron chi connectivity index (χ4n) is 3.79. The number of benzene rings is 1. The molecule has 0 spiro atoms. The first-order valence-electron chi connectivity index (χ1n) is 9.41. The maximum Gasteiger partial charge on any atom is 0.193 e. The highest BCUT2D eigenvalue weighted by Crippen LogP contribution is 2.46. The minimum Gasteiger partial charge on any atom is -0.507 e. The number of ether oxygens (including phenoxy) is 1. The van der Waals surface area contributed by atoms with Gasteiger partial charge >= 0.3 is 0 Å². The zero-order valence-corrected chi connectivity index (χ0v) is 16.8. The molecule has 0 saturated carbocycles. The number of methoxy groups -OCH3 is 1. The van der Waals surface area contributed by atoms with Gasteiger partial charge in [-0.1, -0.05) is 56.7 Å². The fourth-order valence-corrected chi connectivity index (χ4v) is 3.79. The molecule has 27 heavy (non-hydrogen) atoms. The summed E-state index contributed by atoms with van der Waals surface area (Å²) in [5.74, 6) is -0.614. The van der Waals surface area contributed by atoms with Crippen molar-refractivity contribution in [1.82, 2.24) is 0 Å². The van der Waals surface area contributed by atoms with E-state index in [-0.39, 0.29) is 17.1 Å². The summed E-state index contributed by atoms with van der Waals surface area (Å²) in [6.07, 6.45) is 4.51. The molecule has 0 atom stereocenters. The van der Waals surface area contributed by atoms with Crippen LogP contribution in [0, 0.1) is 12.3 Å². The molecule has 0 bridgehead atoms. The Morgan fingerprint density at radius 3 is 2.41 bits per heavy atom. The molecule has 2 rings (SSSR count). The number of rotatable bonds is 7. The van der Waals surface area contributed by atoms with Crippen molar-refractivity contribution in [3.8, 4) is 0 Å². The zero-order chi connectivity index (χ0) is 20.2. The number of Topliss-reactive ketones (excluding diaryl/α,β-unsaturated/α-hetero) is 1. The largest absolute Gasteiger partial charge is 0.507 e. The molecule has 0 aliphatic heterocycles. The number of carbonyl (C=O) groups is 2. The number of ketones is 2. The molecule has 0 heterocycles.